The van der Waals surface area contributed by atoms with Gasteiger partial charge in [0.2, 0.25) is 5.91 Å². The predicted molar refractivity (Wildman–Crippen MR) is 138 cm³/mol. The van der Waals surface area contributed by atoms with Crippen LogP contribution in [0.4, 0.5) is 5.69 Å². The fourth-order valence-electron chi connectivity index (χ4n) is 6.14. The van der Waals surface area contributed by atoms with Crippen molar-refractivity contribution in [2.24, 2.45) is 0 Å². The maximum Gasteiger partial charge on any atom is 0.224 e. The van der Waals surface area contributed by atoms with Crippen molar-refractivity contribution in [3.05, 3.63) is 77.4 Å². The van der Waals surface area contributed by atoms with E-state index in [1.807, 2.05) is 12.1 Å². The van der Waals surface area contributed by atoms with Crippen LogP contribution in [0, 0.1) is 11.3 Å². The molecule has 34 heavy (non-hydrogen) atoms. The van der Waals surface area contributed by atoms with Crippen LogP contribution in [0.15, 0.2) is 60.7 Å². The molecule has 1 aliphatic heterocycles. The van der Waals surface area contributed by atoms with Gasteiger partial charge in [-0.3, -0.25) is 9.69 Å². The zero-order valence-corrected chi connectivity index (χ0v) is 20.1. The first-order valence-electron chi connectivity index (χ1n) is 12.6. The van der Waals surface area contributed by atoms with E-state index in [0.717, 1.165) is 56.6 Å². The van der Waals surface area contributed by atoms with Crippen LogP contribution in [0.25, 0.3) is 10.8 Å². The Morgan fingerprint density at radius 1 is 1.00 bits per heavy atom. The quantitative estimate of drug-likeness (QED) is 0.463. The molecule has 5 rings (SSSR count). The lowest BCUT2D eigenvalue weighted by molar-refractivity contribution is -0.118. The van der Waals surface area contributed by atoms with E-state index in [1.54, 1.807) is 6.92 Å². The van der Waals surface area contributed by atoms with Crippen LogP contribution in [-0.4, -0.2) is 29.4 Å². The summed E-state index contributed by atoms with van der Waals surface area (Å²) in [5.74, 6) is 0.144. The van der Waals surface area contributed by atoms with Gasteiger partial charge in [0.25, 0.3) is 0 Å². The lowest BCUT2D eigenvalue weighted by Gasteiger charge is -2.47. The van der Waals surface area contributed by atoms with Gasteiger partial charge in [-0.15, -0.1) is 0 Å². The van der Waals surface area contributed by atoms with Gasteiger partial charge in [-0.1, -0.05) is 55.7 Å². The Bertz CT molecular complexity index is 1240. The van der Waals surface area contributed by atoms with E-state index in [9.17, 15) is 10.1 Å². The van der Waals surface area contributed by atoms with Gasteiger partial charge in [-0.2, -0.15) is 5.26 Å². The van der Waals surface area contributed by atoms with E-state index in [1.165, 1.54) is 41.2 Å². The molecule has 3 aromatic rings. The van der Waals surface area contributed by atoms with Crippen LogP contribution in [0.1, 0.15) is 62.1 Å². The average molecular weight is 452 g/mol. The molecule has 1 saturated carbocycles. The summed E-state index contributed by atoms with van der Waals surface area (Å²) in [5.41, 5.74) is 4.30. The van der Waals surface area contributed by atoms with Crippen molar-refractivity contribution in [3.8, 4) is 6.07 Å². The van der Waals surface area contributed by atoms with Crippen LogP contribution in [0.5, 0.6) is 0 Å². The predicted octanol–water partition coefficient (Wildman–Crippen LogP) is 6.22. The minimum Gasteiger partial charge on any atom is -0.306 e. The fraction of sp³-hybridized carbons (Fsp3) is 0.400. The molecule has 0 aromatic heterocycles. The highest BCUT2D eigenvalue weighted by Gasteiger charge is 2.40. The van der Waals surface area contributed by atoms with Crippen LogP contribution in [0.2, 0.25) is 0 Å². The molecule has 4 nitrogen and oxygen atoms in total. The molecule has 0 spiro atoms. The van der Waals surface area contributed by atoms with Crippen molar-refractivity contribution < 1.29 is 4.79 Å². The summed E-state index contributed by atoms with van der Waals surface area (Å²) in [7, 11) is 0. The highest BCUT2D eigenvalue weighted by Crippen LogP contribution is 2.41. The minimum atomic E-state index is -0.127. The summed E-state index contributed by atoms with van der Waals surface area (Å²) in [6, 6.07) is 23.2. The van der Waals surface area contributed by atoms with Crippen molar-refractivity contribution in [3.63, 3.8) is 0 Å². The summed E-state index contributed by atoms with van der Waals surface area (Å²) in [4.78, 5) is 17.8. The number of nitrogens with zero attached hydrogens (tertiary/aromatic N) is 3. The number of anilines is 1. The molecule has 174 valence electrons. The summed E-state index contributed by atoms with van der Waals surface area (Å²) >= 11 is 0. The molecule has 1 amide bonds. The second-order valence-electron chi connectivity index (χ2n) is 10.0. The normalized spacial score (nSPS) is 17.6. The molecule has 0 bridgehead atoms. The molecule has 0 N–H and O–H groups in total. The molecule has 1 heterocycles. The lowest BCUT2D eigenvalue weighted by atomic mass is 9.77. The topological polar surface area (TPSA) is 47.3 Å². The second kappa shape index (κ2) is 9.60. The lowest BCUT2D eigenvalue weighted by Crippen LogP contribution is -2.54. The van der Waals surface area contributed by atoms with Crippen molar-refractivity contribution in [2.45, 2.75) is 64.0 Å². The first kappa shape index (κ1) is 22.6. The first-order valence-corrected chi connectivity index (χ1v) is 12.6. The number of nitriles is 1. The molecule has 2 aliphatic rings. The Kier molecular flexibility index (Phi) is 6.39. The van der Waals surface area contributed by atoms with Crippen molar-refractivity contribution >= 4 is 22.4 Å². The van der Waals surface area contributed by atoms with E-state index in [0.29, 0.717) is 0 Å². The van der Waals surface area contributed by atoms with E-state index in [4.69, 9.17) is 0 Å². The highest BCUT2D eigenvalue weighted by molar-refractivity contribution is 5.96. The van der Waals surface area contributed by atoms with Crippen LogP contribution >= 0.6 is 0 Å². The molecule has 0 radical (unpaired) electrons. The van der Waals surface area contributed by atoms with E-state index in [-0.39, 0.29) is 11.4 Å². The fourth-order valence-corrected chi connectivity index (χ4v) is 6.14. The number of fused-ring (bicyclic) bond motifs is 2. The molecular formula is C30H33N3O. The number of benzene rings is 3. The molecule has 0 atom stereocenters. The largest absolute Gasteiger partial charge is 0.306 e. The summed E-state index contributed by atoms with van der Waals surface area (Å²) < 4.78 is 0. The number of carbonyl (C=O) groups is 1. The zero-order chi connectivity index (χ0) is 23.5. The summed E-state index contributed by atoms with van der Waals surface area (Å²) in [6.45, 7) is 4.65. The van der Waals surface area contributed by atoms with Crippen molar-refractivity contribution in [1.29, 1.82) is 5.26 Å². The van der Waals surface area contributed by atoms with Crippen LogP contribution in [0.3, 0.4) is 0 Å². The van der Waals surface area contributed by atoms with Gasteiger partial charge < -0.3 is 4.90 Å². The van der Waals surface area contributed by atoms with Gasteiger partial charge in [0.1, 0.15) is 0 Å². The third kappa shape index (κ3) is 4.45. The standard InChI is InChI=1S/C30H33N3O/c1-23(34)33(29-12-11-25-7-3-4-8-26(25)20-29)30(14-5-2-6-15-30)16-18-32-17-13-27-19-24(21-31)9-10-28(27)22-32/h3-4,7-12,19-20H,2,5-6,13-18,22H2,1H3. The summed E-state index contributed by atoms with van der Waals surface area (Å²) in [5, 5.41) is 11.6. The number of rotatable bonds is 5. The maximum atomic E-state index is 13.1. The van der Waals surface area contributed by atoms with Gasteiger partial charge in [0.15, 0.2) is 0 Å². The third-order valence-electron chi connectivity index (χ3n) is 7.88. The molecule has 1 aliphatic carbocycles. The average Bonchev–Trinajstić information content (AvgIpc) is 2.87. The van der Waals surface area contributed by atoms with E-state index in [2.05, 4.69) is 64.4 Å². The highest BCUT2D eigenvalue weighted by atomic mass is 16.2. The van der Waals surface area contributed by atoms with E-state index < -0.39 is 0 Å². The van der Waals surface area contributed by atoms with Crippen LogP contribution in [-0.2, 0) is 17.8 Å². The van der Waals surface area contributed by atoms with E-state index >= 15 is 0 Å². The van der Waals surface area contributed by atoms with Gasteiger partial charge in [0.05, 0.1) is 11.6 Å². The monoisotopic (exact) mass is 451 g/mol. The Hall–Kier alpha value is -3.16. The molecule has 0 saturated heterocycles. The number of hydrogen-bond donors (Lipinski definition) is 0. The van der Waals surface area contributed by atoms with Crippen molar-refractivity contribution in [1.82, 2.24) is 4.90 Å². The Morgan fingerprint density at radius 3 is 2.56 bits per heavy atom. The van der Waals surface area contributed by atoms with Gasteiger partial charge >= 0.3 is 0 Å². The molecule has 0 unspecified atom stereocenters. The Morgan fingerprint density at radius 2 is 1.79 bits per heavy atom. The smallest absolute Gasteiger partial charge is 0.224 e. The Labute approximate surface area is 202 Å². The molecular weight excluding hydrogens is 418 g/mol. The molecule has 1 fully saturated rings. The number of carbonyl (C=O) groups excluding carboxylic acids is 1. The second-order valence-corrected chi connectivity index (χ2v) is 10.0. The third-order valence-corrected chi connectivity index (χ3v) is 7.88. The van der Waals surface area contributed by atoms with Gasteiger partial charge in [-0.05, 0) is 71.8 Å². The Balaban J connectivity index is 1.39. The van der Waals surface area contributed by atoms with Crippen molar-refractivity contribution in [2.75, 3.05) is 18.0 Å². The SMILES string of the molecule is CC(=O)N(c1ccc2ccccc2c1)C1(CCN2CCc3cc(C#N)ccc3C2)CCCCC1. The zero-order valence-electron chi connectivity index (χ0n) is 20.1. The maximum absolute atomic E-state index is 13.1. The number of amides is 1. The summed E-state index contributed by atoms with van der Waals surface area (Å²) in [6.07, 6.45) is 7.71. The molecule has 3 aromatic carbocycles. The van der Waals surface area contributed by atoms with Gasteiger partial charge in [0, 0.05) is 37.8 Å². The van der Waals surface area contributed by atoms with Gasteiger partial charge in [-0.25, -0.2) is 0 Å². The molecule has 4 heteroatoms. The van der Waals surface area contributed by atoms with Crippen LogP contribution < -0.4 is 4.90 Å². The number of hydrogen-bond acceptors (Lipinski definition) is 3. The minimum absolute atomic E-state index is 0.127. The first-order chi connectivity index (χ1) is 16.6.